The van der Waals surface area contributed by atoms with Crippen LogP contribution in [0.15, 0.2) is 0 Å². The van der Waals surface area contributed by atoms with Crippen LogP contribution in [0.3, 0.4) is 0 Å². The molecule has 0 aromatic rings. The number of hydrogen-bond donors (Lipinski definition) is 1. The molecule has 1 heterocycles. The molecule has 4 saturated carbocycles. The Bertz CT molecular complexity index is 553. The first kappa shape index (κ1) is 16.9. The first-order valence-electron chi connectivity index (χ1n) is 9.75. The zero-order chi connectivity index (χ0) is 17.6. The zero-order valence-electron chi connectivity index (χ0n) is 15.0. The molecular weight excluding hydrogens is 320 g/mol. The molecule has 5 rings (SSSR count). The van der Waals surface area contributed by atoms with Gasteiger partial charge in [-0.1, -0.05) is 0 Å². The molecule has 1 unspecified atom stereocenters. The van der Waals surface area contributed by atoms with Gasteiger partial charge in [0.05, 0.1) is 18.4 Å². The number of piperazine rings is 1. The highest BCUT2D eigenvalue weighted by molar-refractivity contribution is 5.93. The van der Waals surface area contributed by atoms with Crippen molar-refractivity contribution in [1.82, 2.24) is 10.2 Å². The Kier molecular flexibility index (Phi) is 4.24. The van der Waals surface area contributed by atoms with Crippen molar-refractivity contribution >= 4 is 17.8 Å². The maximum Gasteiger partial charge on any atom is 0.308 e. The molecule has 5 fully saturated rings. The average Bonchev–Trinajstić information content (AvgIpc) is 2.55. The largest absolute Gasteiger partial charge is 0.466 e. The molecule has 25 heavy (non-hydrogen) atoms. The first-order chi connectivity index (χ1) is 12.0. The van der Waals surface area contributed by atoms with Crippen molar-refractivity contribution in [3.8, 4) is 0 Å². The van der Waals surface area contributed by atoms with E-state index in [4.69, 9.17) is 4.74 Å². The summed E-state index contributed by atoms with van der Waals surface area (Å²) >= 11 is 0. The van der Waals surface area contributed by atoms with Gasteiger partial charge in [0.15, 0.2) is 0 Å². The number of nitrogens with zero attached hydrogens (tertiary/aromatic N) is 1. The fraction of sp³-hybridized carbons (Fsp3) is 0.842. The van der Waals surface area contributed by atoms with E-state index in [0.29, 0.717) is 30.8 Å². The van der Waals surface area contributed by atoms with Crippen molar-refractivity contribution in [3.63, 3.8) is 0 Å². The molecule has 6 heteroatoms. The Labute approximate surface area is 148 Å². The molecule has 6 nitrogen and oxygen atoms in total. The van der Waals surface area contributed by atoms with E-state index in [9.17, 15) is 14.4 Å². The lowest BCUT2D eigenvalue weighted by Gasteiger charge is -2.57. The van der Waals surface area contributed by atoms with Crippen LogP contribution in [-0.4, -0.2) is 48.4 Å². The summed E-state index contributed by atoms with van der Waals surface area (Å²) in [5.74, 6) is 1.52. The Balaban J connectivity index is 1.55. The van der Waals surface area contributed by atoms with E-state index in [1.807, 2.05) is 0 Å². The zero-order valence-corrected chi connectivity index (χ0v) is 15.0. The number of carbonyl (C=O) groups is 3. The summed E-state index contributed by atoms with van der Waals surface area (Å²) < 4.78 is 5.01. The van der Waals surface area contributed by atoms with E-state index in [0.717, 1.165) is 19.3 Å². The highest BCUT2D eigenvalue weighted by Crippen LogP contribution is 2.60. The predicted molar refractivity (Wildman–Crippen MR) is 90.4 cm³/mol. The molecule has 0 radical (unpaired) electrons. The summed E-state index contributed by atoms with van der Waals surface area (Å²) in [6.45, 7) is 3.00. The first-order valence-corrected chi connectivity index (χ1v) is 9.75. The number of ether oxygens (including phenoxy) is 1. The van der Waals surface area contributed by atoms with Gasteiger partial charge in [0.2, 0.25) is 11.8 Å². The lowest BCUT2D eigenvalue weighted by molar-refractivity contribution is -0.166. The molecule has 1 aliphatic heterocycles. The highest BCUT2D eigenvalue weighted by atomic mass is 16.5. The van der Waals surface area contributed by atoms with Crippen LogP contribution in [0.2, 0.25) is 0 Å². The Morgan fingerprint density at radius 1 is 1.16 bits per heavy atom. The Morgan fingerprint density at radius 2 is 1.76 bits per heavy atom. The molecular formula is C19H28N2O4. The van der Waals surface area contributed by atoms with Gasteiger partial charge in [0.25, 0.3) is 0 Å². The second-order valence-corrected chi connectivity index (χ2v) is 8.51. The van der Waals surface area contributed by atoms with E-state index >= 15 is 0 Å². The smallest absolute Gasteiger partial charge is 0.308 e. The van der Waals surface area contributed by atoms with E-state index in [2.05, 4.69) is 5.32 Å². The molecule has 1 atom stereocenters. The van der Waals surface area contributed by atoms with Gasteiger partial charge in [0, 0.05) is 13.1 Å². The number of rotatable bonds is 4. The predicted octanol–water partition coefficient (Wildman–Crippen LogP) is 1.48. The molecule has 5 aliphatic rings. The fourth-order valence-corrected chi connectivity index (χ4v) is 6.22. The van der Waals surface area contributed by atoms with Crippen LogP contribution < -0.4 is 5.32 Å². The molecule has 4 bridgehead atoms. The second-order valence-electron chi connectivity index (χ2n) is 8.51. The third-order valence-electron chi connectivity index (χ3n) is 6.75. The third kappa shape index (κ3) is 2.93. The van der Waals surface area contributed by atoms with Crippen molar-refractivity contribution in [1.29, 1.82) is 0 Å². The minimum absolute atomic E-state index is 0.0439. The number of nitrogens with one attached hydrogen (secondary N) is 1. The van der Waals surface area contributed by atoms with Crippen LogP contribution in [0.4, 0.5) is 0 Å². The van der Waals surface area contributed by atoms with Gasteiger partial charge in [0.1, 0.15) is 6.04 Å². The molecule has 4 aliphatic carbocycles. The van der Waals surface area contributed by atoms with Gasteiger partial charge < -0.3 is 15.0 Å². The SMILES string of the molecule is CCOC(=O)CC1C(=O)NCCN1C(=O)C12CC3CC(CC(C3)C1)C2. The van der Waals surface area contributed by atoms with Crippen LogP contribution in [-0.2, 0) is 19.1 Å². The van der Waals surface area contributed by atoms with Gasteiger partial charge in [-0.25, -0.2) is 0 Å². The van der Waals surface area contributed by atoms with E-state index in [-0.39, 0.29) is 30.3 Å². The summed E-state index contributed by atoms with van der Waals surface area (Å²) in [5, 5.41) is 2.80. The molecule has 0 spiro atoms. The summed E-state index contributed by atoms with van der Waals surface area (Å²) in [4.78, 5) is 39.5. The quantitative estimate of drug-likeness (QED) is 0.781. The van der Waals surface area contributed by atoms with E-state index in [1.165, 1.54) is 19.3 Å². The van der Waals surface area contributed by atoms with Crippen molar-refractivity contribution in [2.45, 2.75) is 57.9 Å². The molecule has 0 aromatic carbocycles. The molecule has 0 aromatic heterocycles. The van der Waals surface area contributed by atoms with Crippen LogP contribution in [0.5, 0.6) is 0 Å². The Morgan fingerprint density at radius 3 is 2.32 bits per heavy atom. The highest BCUT2D eigenvalue weighted by Gasteiger charge is 2.56. The lowest BCUT2D eigenvalue weighted by Crippen LogP contribution is -2.63. The monoisotopic (exact) mass is 348 g/mol. The van der Waals surface area contributed by atoms with Crippen molar-refractivity contribution in [2.24, 2.45) is 23.2 Å². The topological polar surface area (TPSA) is 75.7 Å². The molecule has 1 N–H and O–H groups in total. The van der Waals surface area contributed by atoms with Crippen LogP contribution in [0.1, 0.15) is 51.9 Å². The van der Waals surface area contributed by atoms with Crippen molar-refractivity contribution < 1.29 is 19.1 Å². The minimum atomic E-state index is -0.715. The van der Waals surface area contributed by atoms with Crippen LogP contribution >= 0.6 is 0 Å². The second kappa shape index (κ2) is 6.29. The fourth-order valence-electron chi connectivity index (χ4n) is 6.22. The maximum atomic E-state index is 13.5. The van der Waals surface area contributed by atoms with E-state index < -0.39 is 12.0 Å². The molecule has 1 saturated heterocycles. The average molecular weight is 348 g/mol. The molecule has 138 valence electrons. The van der Waals surface area contributed by atoms with Gasteiger partial charge in [-0.3, -0.25) is 14.4 Å². The lowest BCUT2D eigenvalue weighted by atomic mass is 9.49. The maximum absolute atomic E-state index is 13.5. The normalized spacial score (nSPS) is 39.2. The van der Waals surface area contributed by atoms with Gasteiger partial charge >= 0.3 is 5.97 Å². The standard InChI is InChI=1S/C19H28N2O4/c1-2-25-16(22)8-15-17(23)20-3-4-21(15)18(24)19-9-12-5-13(10-19)7-14(6-12)11-19/h12-15H,2-11H2,1H3,(H,20,23). The summed E-state index contributed by atoms with van der Waals surface area (Å²) in [7, 11) is 0. The van der Waals surface area contributed by atoms with Crippen LogP contribution in [0.25, 0.3) is 0 Å². The number of carbonyl (C=O) groups excluding carboxylic acids is 3. The van der Waals surface area contributed by atoms with Gasteiger partial charge in [-0.15, -0.1) is 0 Å². The van der Waals surface area contributed by atoms with Gasteiger partial charge in [-0.05, 0) is 63.2 Å². The van der Waals surface area contributed by atoms with Crippen molar-refractivity contribution in [2.75, 3.05) is 19.7 Å². The minimum Gasteiger partial charge on any atom is -0.466 e. The number of amides is 2. The summed E-state index contributed by atoms with van der Waals surface area (Å²) in [5.41, 5.74) is -0.278. The van der Waals surface area contributed by atoms with E-state index in [1.54, 1.807) is 11.8 Å². The number of hydrogen-bond acceptors (Lipinski definition) is 4. The van der Waals surface area contributed by atoms with Crippen LogP contribution in [0, 0.1) is 23.2 Å². The van der Waals surface area contributed by atoms with Crippen molar-refractivity contribution in [3.05, 3.63) is 0 Å². The Hall–Kier alpha value is -1.59. The van der Waals surface area contributed by atoms with Gasteiger partial charge in [-0.2, -0.15) is 0 Å². The third-order valence-corrected chi connectivity index (χ3v) is 6.75. The summed E-state index contributed by atoms with van der Waals surface area (Å²) in [6, 6.07) is -0.715. The molecule has 2 amide bonds. The summed E-state index contributed by atoms with van der Waals surface area (Å²) in [6.07, 6.45) is 6.71. The number of esters is 1.